The number of nitrogens with zero attached hydrogens (tertiary/aromatic N) is 2. The third-order valence-corrected chi connectivity index (χ3v) is 2.41. The lowest BCUT2D eigenvalue weighted by Gasteiger charge is -2.16. The lowest BCUT2D eigenvalue weighted by Crippen LogP contribution is -2.25. The average molecular weight is 244 g/mol. The largest absolute Gasteiger partial charge is 0.426 e. The minimum Gasteiger partial charge on any atom is -0.426 e. The first-order valence-electron chi connectivity index (χ1n) is 5.79. The zero-order chi connectivity index (χ0) is 13.2. The quantitative estimate of drug-likeness (QED) is 0.602. The molecule has 0 spiro atoms. The highest BCUT2D eigenvalue weighted by Gasteiger charge is 2.23. The lowest BCUT2D eigenvalue weighted by atomic mass is 9.97. The van der Waals surface area contributed by atoms with E-state index in [2.05, 4.69) is 5.10 Å². The highest BCUT2D eigenvalue weighted by atomic mass is 16.5. The van der Waals surface area contributed by atoms with Crippen molar-refractivity contribution in [2.24, 2.45) is 5.41 Å². The third kappa shape index (κ3) is 2.77. The van der Waals surface area contributed by atoms with Crippen molar-refractivity contribution in [3.8, 4) is 11.4 Å². The van der Waals surface area contributed by atoms with Crippen LogP contribution in [0.3, 0.4) is 0 Å². The maximum Gasteiger partial charge on any atom is 0.316 e. The number of hydrogen-bond donors (Lipinski definition) is 0. The summed E-state index contributed by atoms with van der Waals surface area (Å²) in [6.07, 6.45) is 3.54. The molecule has 1 heterocycles. The summed E-state index contributed by atoms with van der Waals surface area (Å²) >= 11 is 0. The summed E-state index contributed by atoms with van der Waals surface area (Å²) in [5.41, 5.74) is 0.348. The minimum atomic E-state index is -0.512. The van der Waals surface area contributed by atoms with Gasteiger partial charge in [0.15, 0.2) is 0 Å². The summed E-state index contributed by atoms with van der Waals surface area (Å²) in [5, 5.41) is 4.13. The van der Waals surface area contributed by atoms with Crippen LogP contribution in [0.1, 0.15) is 20.8 Å². The number of carbonyl (C=O) groups excluding carboxylic acids is 1. The Hall–Kier alpha value is -2.10. The average Bonchev–Trinajstić information content (AvgIpc) is 2.81. The van der Waals surface area contributed by atoms with Gasteiger partial charge in [-0.1, -0.05) is 6.07 Å². The standard InChI is InChI=1S/C14H16N2O2/c1-14(2,3)13(17)18-12-7-4-6-11(10-12)16-9-5-8-15-16/h4-10H,1-3H3. The lowest BCUT2D eigenvalue weighted by molar-refractivity contribution is -0.142. The summed E-state index contributed by atoms with van der Waals surface area (Å²) < 4.78 is 7.05. The van der Waals surface area contributed by atoms with Crippen LogP contribution in [-0.2, 0) is 4.79 Å². The highest BCUT2D eigenvalue weighted by molar-refractivity contribution is 5.77. The number of carbonyl (C=O) groups is 1. The van der Waals surface area contributed by atoms with Crippen LogP contribution >= 0.6 is 0 Å². The molecule has 0 fully saturated rings. The van der Waals surface area contributed by atoms with E-state index in [-0.39, 0.29) is 5.97 Å². The normalized spacial score (nSPS) is 11.3. The Labute approximate surface area is 106 Å². The molecule has 2 rings (SSSR count). The highest BCUT2D eigenvalue weighted by Crippen LogP contribution is 2.21. The number of benzene rings is 1. The molecule has 0 unspecified atom stereocenters. The molecule has 94 valence electrons. The molecule has 2 aromatic rings. The third-order valence-electron chi connectivity index (χ3n) is 2.41. The van der Waals surface area contributed by atoms with Crippen LogP contribution in [-0.4, -0.2) is 15.7 Å². The van der Waals surface area contributed by atoms with E-state index in [1.165, 1.54) is 0 Å². The Bertz CT molecular complexity index is 539. The SMILES string of the molecule is CC(C)(C)C(=O)Oc1cccc(-n2cccn2)c1. The molecular formula is C14H16N2O2. The van der Waals surface area contributed by atoms with Gasteiger partial charge in [0.05, 0.1) is 11.1 Å². The van der Waals surface area contributed by atoms with E-state index >= 15 is 0 Å². The fourth-order valence-electron chi connectivity index (χ4n) is 1.37. The molecule has 0 atom stereocenters. The first-order chi connectivity index (χ1) is 8.47. The molecule has 18 heavy (non-hydrogen) atoms. The van der Waals surface area contributed by atoms with Gasteiger partial charge in [-0.15, -0.1) is 0 Å². The Morgan fingerprint density at radius 1 is 1.28 bits per heavy atom. The van der Waals surface area contributed by atoms with Gasteiger partial charge in [-0.3, -0.25) is 4.79 Å². The fourth-order valence-corrected chi connectivity index (χ4v) is 1.37. The maximum atomic E-state index is 11.8. The summed E-state index contributed by atoms with van der Waals surface area (Å²) in [4.78, 5) is 11.8. The zero-order valence-electron chi connectivity index (χ0n) is 10.8. The second kappa shape index (κ2) is 4.64. The second-order valence-corrected chi connectivity index (χ2v) is 5.09. The molecule has 0 aliphatic carbocycles. The topological polar surface area (TPSA) is 44.1 Å². The number of esters is 1. The number of ether oxygens (including phenoxy) is 1. The van der Waals surface area contributed by atoms with Crippen molar-refractivity contribution in [1.29, 1.82) is 0 Å². The van der Waals surface area contributed by atoms with Crippen LogP contribution in [0.25, 0.3) is 5.69 Å². The molecule has 1 aromatic heterocycles. The van der Waals surface area contributed by atoms with Gasteiger partial charge in [0.2, 0.25) is 0 Å². The molecule has 0 radical (unpaired) electrons. The Morgan fingerprint density at radius 2 is 2.06 bits per heavy atom. The van der Waals surface area contributed by atoms with Gasteiger partial charge in [0.1, 0.15) is 5.75 Å². The van der Waals surface area contributed by atoms with E-state index < -0.39 is 5.41 Å². The first kappa shape index (κ1) is 12.4. The molecule has 0 saturated carbocycles. The molecule has 0 N–H and O–H groups in total. The molecule has 0 amide bonds. The first-order valence-corrected chi connectivity index (χ1v) is 5.79. The van der Waals surface area contributed by atoms with E-state index in [0.29, 0.717) is 5.75 Å². The number of rotatable bonds is 2. The summed E-state index contributed by atoms with van der Waals surface area (Å²) in [5.74, 6) is 0.281. The molecule has 4 nitrogen and oxygen atoms in total. The molecule has 0 aliphatic heterocycles. The molecular weight excluding hydrogens is 228 g/mol. The fraction of sp³-hybridized carbons (Fsp3) is 0.286. The molecule has 0 bridgehead atoms. The van der Waals surface area contributed by atoms with E-state index in [4.69, 9.17) is 4.74 Å². The van der Waals surface area contributed by atoms with Crippen LogP contribution < -0.4 is 4.74 Å². The van der Waals surface area contributed by atoms with E-state index in [0.717, 1.165) is 5.69 Å². The summed E-state index contributed by atoms with van der Waals surface area (Å²) in [6.45, 7) is 5.48. The van der Waals surface area contributed by atoms with Crippen LogP contribution in [0.15, 0.2) is 42.7 Å². The predicted molar refractivity (Wildman–Crippen MR) is 68.7 cm³/mol. The van der Waals surface area contributed by atoms with Crippen molar-refractivity contribution in [3.63, 3.8) is 0 Å². The van der Waals surface area contributed by atoms with Crippen molar-refractivity contribution in [2.45, 2.75) is 20.8 Å². The van der Waals surface area contributed by atoms with Crippen LogP contribution in [0.5, 0.6) is 5.75 Å². The van der Waals surface area contributed by atoms with Gasteiger partial charge >= 0.3 is 5.97 Å². The van der Waals surface area contributed by atoms with Gasteiger partial charge in [-0.2, -0.15) is 5.10 Å². The molecule has 0 saturated heterocycles. The van der Waals surface area contributed by atoms with Gasteiger partial charge < -0.3 is 4.74 Å². The Balaban J connectivity index is 2.21. The van der Waals surface area contributed by atoms with Gasteiger partial charge in [-0.05, 0) is 39.0 Å². The summed E-state index contributed by atoms with van der Waals surface area (Å²) in [7, 11) is 0. The molecule has 1 aromatic carbocycles. The monoisotopic (exact) mass is 244 g/mol. The zero-order valence-corrected chi connectivity index (χ0v) is 10.8. The van der Waals surface area contributed by atoms with Gasteiger partial charge in [0, 0.05) is 18.5 Å². The Kier molecular flexibility index (Phi) is 3.19. The van der Waals surface area contributed by atoms with Gasteiger partial charge in [0.25, 0.3) is 0 Å². The minimum absolute atomic E-state index is 0.250. The van der Waals surface area contributed by atoms with Crippen LogP contribution in [0.2, 0.25) is 0 Å². The van der Waals surface area contributed by atoms with E-state index in [1.807, 2.05) is 45.2 Å². The van der Waals surface area contributed by atoms with Crippen molar-refractivity contribution < 1.29 is 9.53 Å². The number of hydrogen-bond acceptors (Lipinski definition) is 3. The maximum absolute atomic E-state index is 11.8. The van der Waals surface area contributed by atoms with Crippen molar-refractivity contribution >= 4 is 5.97 Å². The molecule has 0 aliphatic rings. The van der Waals surface area contributed by atoms with Crippen LogP contribution in [0.4, 0.5) is 0 Å². The van der Waals surface area contributed by atoms with Gasteiger partial charge in [-0.25, -0.2) is 4.68 Å². The van der Waals surface area contributed by atoms with E-state index in [9.17, 15) is 4.79 Å². The van der Waals surface area contributed by atoms with E-state index in [1.54, 1.807) is 23.0 Å². The van der Waals surface area contributed by atoms with Crippen molar-refractivity contribution in [1.82, 2.24) is 9.78 Å². The Morgan fingerprint density at radius 3 is 2.67 bits per heavy atom. The second-order valence-electron chi connectivity index (χ2n) is 5.09. The smallest absolute Gasteiger partial charge is 0.316 e. The summed E-state index contributed by atoms with van der Waals surface area (Å²) in [6, 6.07) is 9.13. The van der Waals surface area contributed by atoms with Crippen molar-refractivity contribution in [2.75, 3.05) is 0 Å². The van der Waals surface area contributed by atoms with Crippen LogP contribution in [0, 0.1) is 5.41 Å². The molecule has 4 heteroatoms. The number of aromatic nitrogens is 2. The van der Waals surface area contributed by atoms with Crippen molar-refractivity contribution in [3.05, 3.63) is 42.7 Å². The predicted octanol–water partition coefficient (Wildman–Crippen LogP) is 2.82.